The van der Waals surface area contributed by atoms with Crippen LogP contribution in [0.3, 0.4) is 0 Å². The Morgan fingerprint density at radius 3 is 3.05 bits per heavy atom. The second-order valence-electron chi connectivity index (χ2n) is 4.92. The van der Waals surface area contributed by atoms with Crippen LogP contribution < -0.4 is 14.8 Å². The lowest BCUT2D eigenvalue weighted by atomic mass is 10.1. The third-order valence-corrected chi connectivity index (χ3v) is 2.82. The second kappa shape index (κ2) is 6.59. The number of fused-ring (bicyclic) bond motifs is 1. The topological polar surface area (TPSA) is 50.7 Å². The highest BCUT2D eigenvalue weighted by Gasteiger charge is 2.13. The standard InChI is InChI=1S/C15H21NO3/c1-11(2)16-9-13(17)10-19-14-7-3-5-12-6-4-8-18-15(12)14/h3-7,11,13,16-17H,8-10H2,1-2H3. The van der Waals surface area contributed by atoms with Crippen molar-refractivity contribution in [3.63, 3.8) is 0 Å². The van der Waals surface area contributed by atoms with Gasteiger partial charge in [-0.15, -0.1) is 0 Å². The van der Waals surface area contributed by atoms with E-state index in [9.17, 15) is 5.11 Å². The first kappa shape index (κ1) is 13.9. The lowest BCUT2D eigenvalue weighted by Gasteiger charge is -2.19. The zero-order chi connectivity index (χ0) is 13.7. The molecule has 1 aromatic rings. The Morgan fingerprint density at radius 1 is 1.42 bits per heavy atom. The van der Waals surface area contributed by atoms with Crippen LogP contribution in [-0.4, -0.2) is 37.0 Å². The van der Waals surface area contributed by atoms with Crippen LogP contribution in [0.4, 0.5) is 0 Å². The molecule has 1 heterocycles. The van der Waals surface area contributed by atoms with Gasteiger partial charge in [-0.1, -0.05) is 32.1 Å². The maximum atomic E-state index is 9.82. The molecule has 4 heteroatoms. The minimum absolute atomic E-state index is 0.253. The predicted molar refractivity (Wildman–Crippen MR) is 75.6 cm³/mol. The maximum Gasteiger partial charge on any atom is 0.168 e. The number of nitrogens with one attached hydrogen (secondary N) is 1. The van der Waals surface area contributed by atoms with Gasteiger partial charge in [0.05, 0.1) is 0 Å². The van der Waals surface area contributed by atoms with E-state index < -0.39 is 6.10 Å². The van der Waals surface area contributed by atoms with E-state index in [4.69, 9.17) is 9.47 Å². The van der Waals surface area contributed by atoms with Crippen LogP contribution in [-0.2, 0) is 0 Å². The van der Waals surface area contributed by atoms with Crippen LogP contribution in [0.5, 0.6) is 11.5 Å². The molecule has 2 N–H and O–H groups in total. The van der Waals surface area contributed by atoms with Crippen molar-refractivity contribution in [1.29, 1.82) is 0 Å². The molecule has 0 aromatic heterocycles. The van der Waals surface area contributed by atoms with Gasteiger partial charge in [0.25, 0.3) is 0 Å². The average molecular weight is 263 g/mol. The lowest BCUT2D eigenvalue weighted by Crippen LogP contribution is -2.35. The van der Waals surface area contributed by atoms with Crippen molar-refractivity contribution in [3.8, 4) is 11.5 Å². The van der Waals surface area contributed by atoms with Crippen LogP contribution in [0.25, 0.3) is 6.08 Å². The summed E-state index contributed by atoms with van der Waals surface area (Å²) < 4.78 is 11.2. The van der Waals surface area contributed by atoms with Gasteiger partial charge in [0.15, 0.2) is 11.5 Å². The largest absolute Gasteiger partial charge is 0.487 e. The van der Waals surface area contributed by atoms with E-state index in [1.54, 1.807) is 0 Å². The smallest absolute Gasteiger partial charge is 0.168 e. The average Bonchev–Trinajstić information content (AvgIpc) is 2.42. The molecule has 0 spiro atoms. The first-order valence-electron chi connectivity index (χ1n) is 6.63. The van der Waals surface area contributed by atoms with Gasteiger partial charge in [-0.25, -0.2) is 0 Å². The Labute approximate surface area is 114 Å². The zero-order valence-electron chi connectivity index (χ0n) is 11.4. The first-order valence-corrected chi connectivity index (χ1v) is 6.63. The van der Waals surface area contributed by atoms with Gasteiger partial charge in [0.2, 0.25) is 0 Å². The Bertz CT molecular complexity index is 443. The summed E-state index contributed by atoms with van der Waals surface area (Å²) in [6, 6.07) is 6.12. The molecule has 0 aliphatic carbocycles. The number of rotatable bonds is 6. The van der Waals surface area contributed by atoms with Crippen molar-refractivity contribution in [2.45, 2.75) is 26.0 Å². The van der Waals surface area contributed by atoms with Crippen LogP contribution in [0.15, 0.2) is 24.3 Å². The second-order valence-corrected chi connectivity index (χ2v) is 4.92. The highest BCUT2D eigenvalue weighted by Crippen LogP contribution is 2.34. The maximum absolute atomic E-state index is 9.82. The highest BCUT2D eigenvalue weighted by atomic mass is 16.5. The molecule has 0 amide bonds. The van der Waals surface area contributed by atoms with Gasteiger partial charge in [-0.2, -0.15) is 0 Å². The molecule has 19 heavy (non-hydrogen) atoms. The van der Waals surface area contributed by atoms with Gasteiger partial charge in [0, 0.05) is 18.2 Å². The molecule has 2 rings (SSSR count). The molecule has 0 bridgehead atoms. The summed E-state index contributed by atoms with van der Waals surface area (Å²) in [6.07, 6.45) is 3.45. The zero-order valence-corrected chi connectivity index (χ0v) is 11.4. The van der Waals surface area contributed by atoms with Crippen molar-refractivity contribution >= 4 is 6.08 Å². The van der Waals surface area contributed by atoms with E-state index in [0.29, 0.717) is 24.9 Å². The number of para-hydroxylation sites is 1. The van der Waals surface area contributed by atoms with Crippen molar-refractivity contribution in [2.24, 2.45) is 0 Å². The Kier molecular flexibility index (Phi) is 4.82. The quantitative estimate of drug-likeness (QED) is 0.822. The summed E-state index contributed by atoms with van der Waals surface area (Å²) in [6.45, 7) is 5.42. The molecule has 0 radical (unpaired) electrons. The minimum Gasteiger partial charge on any atom is -0.487 e. The molecular weight excluding hydrogens is 242 g/mol. The van der Waals surface area contributed by atoms with Gasteiger partial charge < -0.3 is 19.9 Å². The number of hydrogen-bond acceptors (Lipinski definition) is 4. The van der Waals surface area contributed by atoms with E-state index in [2.05, 4.69) is 5.32 Å². The predicted octanol–water partition coefficient (Wildman–Crippen LogP) is 1.83. The fourth-order valence-electron chi connectivity index (χ4n) is 1.86. The molecule has 0 saturated heterocycles. The fraction of sp³-hybridized carbons (Fsp3) is 0.467. The van der Waals surface area contributed by atoms with Crippen molar-refractivity contribution < 1.29 is 14.6 Å². The highest BCUT2D eigenvalue weighted by molar-refractivity contribution is 5.63. The molecule has 4 nitrogen and oxygen atoms in total. The number of aliphatic hydroxyl groups excluding tert-OH is 1. The molecular formula is C15H21NO3. The van der Waals surface area contributed by atoms with Crippen molar-refractivity contribution in [3.05, 3.63) is 29.8 Å². The Hall–Kier alpha value is -1.52. The van der Waals surface area contributed by atoms with Gasteiger partial charge in [-0.05, 0) is 12.1 Å². The minimum atomic E-state index is -0.530. The number of aliphatic hydroxyl groups is 1. The molecule has 1 aliphatic rings. The summed E-state index contributed by atoms with van der Waals surface area (Å²) in [5.74, 6) is 1.44. The van der Waals surface area contributed by atoms with E-state index >= 15 is 0 Å². The van der Waals surface area contributed by atoms with Gasteiger partial charge in [0.1, 0.15) is 19.3 Å². The lowest BCUT2D eigenvalue weighted by molar-refractivity contribution is 0.102. The van der Waals surface area contributed by atoms with Crippen LogP contribution in [0.2, 0.25) is 0 Å². The van der Waals surface area contributed by atoms with Gasteiger partial charge >= 0.3 is 0 Å². The normalized spacial score (nSPS) is 14.9. The Morgan fingerprint density at radius 2 is 2.26 bits per heavy atom. The number of hydrogen-bond donors (Lipinski definition) is 2. The summed E-state index contributed by atoms with van der Waals surface area (Å²) in [4.78, 5) is 0. The monoisotopic (exact) mass is 263 g/mol. The van der Waals surface area contributed by atoms with Crippen LogP contribution in [0, 0.1) is 0 Å². The molecule has 1 unspecified atom stereocenters. The fourth-order valence-corrected chi connectivity index (χ4v) is 1.86. The molecule has 1 aliphatic heterocycles. The van der Waals surface area contributed by atoms with Crippen LogP contribution >= 0.6 is 0 Å². The summed E-state index contributed by atoms with van der Waals surface area (Å²) in [5.41, 5.74) is 1.01. The Balaban J connectivity index is 1.91. The molecule has 104 valence electrons. The van der Waals surface area contributed by atoms with E-state index in [1.807, 2.05) is 44.2 Å². The summed E-state index contributed by atoms with van der Waals surface area (Å²) in [7, 11) is 0. The van der Waals surface area contributed by atoms with E-state index in [1.165, 1.54) is 0 Å². The molecule has 0 fully saturated rings. The molecule has 1 aromatic carbocycles. The van der Waals surface area contributed by atoms with Crippen molar-refractivity contribution in [2.75, 3.05) is 19.8 Å². The first-order chi connectivity index (χ1) is 9.16. The third-order valence-electron chi connectivity index (χ3n) is 2.82. The molecule has 1 atom stereocenters. The SMILES string of the molecule is CC(C)NCC(O)COc1cccc2c1OCC=C2. The van der Waals surface area contributed by atoms with Crippen LogP contribution in [0.1, 0.15) is 19.4 Å². The van der Waals surface area contributed by atoms with Gasteiger partial charge in [-0.3, -0.25) is 0 Å². The third kappa shape index (κ3) is 3.98. The number of benzene rings is 1. The van der Waals surface area contributed by atoms with E-state index in [-0.39, 0.29) is 6.61 Å². The molecule has 0 saturated carbocycles. The van der Waals surface area contributed by atoms with Crippen molar-refractivity contribution in [1.82, 2.24) is 5.32 Å². The summed E-state index contributed by atoms with van der Waals surface area (Å²) >= 11 is 0. The summed E-state index contributed by atoms with van der Waals surface area (Å²) in [5, 5.41) is 13.0. The van der Waals surface area contributed by atoms with E-state index in [0.717, 1.165) is 11.3 Å². The number of ether oxygens (including phenoxy) is 2.